The average Bonchev–Trinajstić information content (AvgIpc) is 2.63. The summed E-state index contributed by atoms with van der Waals surface area (Å²) >= 11 is 6.07. The molecule has 1 saturated heterocycles. The van der Waals surface area contributed by atoms with E-state index < -0.39 is 0 Å². The number of guanidine groups is 1. The molecular formula is C18H30ClIN4O2. The maximum Gasteiger partial charge on any atom is 0.191 e. The maximum atomic E-state index is 6.07. The van der Waals surface area contributed by atoms with Crippen molar-refractivity contribution in [2.24, 2.45) is 4.99 Å². The quantitative estimate of drug-likeness (QED) is 0.263. The molecule has 6 nitrogen and oxygen atoms in total. The molecule has 2 N–H and O–H groups in total. The Morgan fingerprint density at radius 1 is 1.27 bits per heavy atom. The van der Waals surface area contributed by atoms with Gasteiger partial charge < -0.3 is 20.1 Å². The van der Waals surface area contributed by atoms with Crippen LogP contribution in [0.25, 0.3) is 0 Å². The number of hydrogen-bond acceptors (Lipinski definition) is 4. The van der Waals surface area contributed by atoms with Gasteiger partial charge in [0, 0.05) is 32.2 Å². The van der Waals surface area contributed by atoms with Crippen LogP contribution in [0.3, 0.4) is 0 Å². The molecule has 0 atom stereocenters. The summed E-state index contributed by atoms with van der Waals surface area (Å²) in [4.78, 5) is 6.71. The first-order valence-corrected chi connectivity index (χ1v) is 9.05. The molecule has 0 aromatic heterocycles. The van der Waals surface area contributed by atoms with Crippen LogP contribution in [0, 0.1) is 0 Å². The number of rotatable bonds is 7. The van der Waals surface area contributed by atoms with Crippen molar-refractivity contribution in [2.45, 2.75) is 19.4 Å². The lowest BCUT2D eigenvalue weighted by Crippen LogP contribution is -2.56. The van der Waals surface area contributed by atoms with Crippen molar-refractivity contribution in [3.05, 3.63) is 29.3 Å². The molecule has 148 valence electrons. The first kappa shape index (κ1) is 23.3. The predicted octanol–water partition coefficient (Wildman–Crippen LogP) is 2.61. The fourth-order valence-corrected chi connectivity index (χ4v) is 2.88. The fraction of sp³-hybridized carbons (Fsp3) is 0.611. The van der Waals surface area contributed by atoms with Gasteiger partial charge in [0.2, 0.25) is 0 Å². The highest BCUT2D eigenvalue weighted by atomic mass is 127. The van der Waals surface area contributed by atoms with E-state index in [4.69, 9.17) is 21.1 Å². The molecule has 0 bridgehead atoms. The number of aliphatic imine (C=N–C) groups is 1. The second kappa shape index (κ2) is 11.8. The largest absolute Gasteiger partial charge is 0.490 e. The number of benzene rings is 1. The molecule has 8 heteroatoms. The van der Waals surface area contributed by atoms with Gasteiger partial charge >= 0.3 is 0 Å². The van der Waals surface area contributed by atoms with E-state index in [9.17, 15) is 0 Å². The van der Waals surface area contributed by atoms with Crippen molar-refractivity contribution in [3.63, 3.8) is 0 Å². The Hall–Kier alpha value is -0.770. The minimum Gasteiger partial charge on any atom is -0.490 e. The lowest BCUT2D eigenvalue weighted by molar-refractivity contribution is -0.00834. The summed E-state index contributed by atoms with van der Waals surface area (Å²) in [6.45, 7) is 9.96. The summed E-state index contributed by atoms with van der Waals surface area (Å²) in [6, 6.07) is 7.47. The zero-order valence-electron chi connectivity index (χ0n) is 15.8. The van der Waals surface area contributed by atoms with Gasteiger partial charge in [0.15, 0.2) is 5.96 Å². The summed E-state index contributed by atoms with van der Waals surface area (Å²) in [7, 11) is 1.77. The van der Waals surface area contributed by atoms with Crippen LogP contribution in [0.2, 0.25) is 5.02 Å². The SMILES string of the molecule is CN=C(NCCOc1ccccc1Cl)NCC(C)(C)N1CCOCC1.I. The number of nitrogens with zero attached hydrogens (tertiary/aromatic N) is 2. The van der Waals surface area contributed by atoms with Crippen LogP contribution < -0.4 is 15.4 Å². The second-order valence-corrected chi connectivity index (χ2v) is 6.95. The first-order valence-electron chi connectivity index (χ1n) is 8.67. The van der Waals surface area contributed by atoms with E-state index in [1.807, 2.05) is 24.3 Å². The Labute approximate surface area is 178 Å². The number of nitrogens with one attached hydrogen (secondary N) is 2. The van der Waals surface area contributed by atoms with Crippen molar-refractivity contribution in [3.8, 4) is 5.75 Å². The molecule has 0 saturated carbocycles. The van der Waals surface area contributed by atoms with Gasteiger partial charge in [0.1, 0.15) is 12.4 Å². The van der Waals surface area contributed by atoms with Crippen molar-refractivity contribution in [1.82, 2.24) is 15.5 Å². The number of morpholine rings is 1. The van der Waals surface area contributed by atoms with Gasteiger partial charge in [0.05, 0.1) is 24.8 Å². The topological polar surface area (TPSA) is 58.1 Å². The lowest BCUT2D eigenvalue weighted by Gasteiger charge is -2.41. The summed E-state index contributed by atoms with van der Waals surface area (Å²) < 4.78 is 11.1. The Morgan fingerprint density at radius 2 is 1.96 bits per heavy atom. The van der Waals surface area contributed by atoms with Gasteiger partial charge in [-0.3, -0.25) is 9.89 Å². The molecule has 0 radical (unpaired) electrons. The van der Waals surface area contributed by atoms with E-state index in [1.165, 1.54) is 0 Å². The lowest BCUT2D eigenvalue weighted by atomic mass is 10.0. The molecule has 1 aromatic carbocycles. The second-order valence-electron chi connectivity index (χ2n) is 6.54. The zero-order valence-corrected chi connectivity index (χ0v) is 18.8. The van der Waals surface area contributed by atoms with Crippen LogP contribution in [0.4, 0.5) is 0 Å². The standard InChI is InChI=1S/C18H29ClN4O2.HI/c1-18(2,23-9-12-24-13-10-23)14-22-17(20-3)21-8-11-25-16-7-5-4-6-15(16)19;/h4-7H,8-14H2,1-3H3,(H2,20,21,22);1H. The summed E-state index contributed by atoms with van der Waals surface area (Å²) in [5.41, 5.74) is 0.0372. The molecule has 2 rings (SSSR count). The number of ether oxygens (including phenoxy) is 2. The predicted molar refractivity (Wildman–Crippen MR) is 118 cm³/mol. The van der Waals surface area contributed by atoms with Crippen molar-refractivity contribution in [1.29, 1.82) is 0 Å². The molecule has 26 heavy (non-hydrogen) atoms. The minimum absolute atomic E-state index is 0. The van der Waals surface area contributed by atoms with Crippen molar-refractivity contribution >= 4 is 41.5 Å². The minimum atomic E-state index is 0. The van der Waals surface area contributed by atoms with Crippen LogP contribution >= 0.6 is 35.6 Å². The number of hydrogen-bond donors (Lipinski definition) is 2. The van der Waals surface area contributed by atoms with Crippen LogP contribution in [0.15, 0.2) is 29.3 Å². The summed E-state index contributed by atoms with van der Waals surface area (Å²) in [5.74, 6) is 1.46. The highest BCUT2D eigenvalue weighted by Gasteiger charge is 2.28. The first-order chi connectivity index (χ1) is 12.0. The van der Waals surface area contributed by atoms with Crippen LogP contribution in [-0.2, 0) is 4.74 Å². The van der Waals surface area contributed by atoms with E-state index in [-0.39, 0.29) is 29.5 Å². The molecule has 0 amide bonds. The number of para-hydroxylation sites is 1. The Morgan fingerprint density at radius 3 is 2.62 bits per heavy atom. The molecule has 0 unspecified atom stereocenters. The normalized spacial score (nSPS) is 15.9. The van der Waals surface area contributed by atoms with Gasteiger partial charge in [-0.2, -0.15) is 0 Å². The summed E-state index contributed by atoms with van der Waals surface area (Å²) in [6.07, 6.45) is 0. The van der Waals surface area contributed by atoms with Gasteiger partial charge in [-0.1, -0.05) is 23.7 Å². The molecule has 0 aliphatic carbocycles. The Kier molecular flexibility index (Phi) is 10.6. The highest BCUT2D eigenvalue weighted by molar-refractivity contribution is 14.0. The average molecular weight is 497 g/mol. The third-order valence-electron chi connectivity index (χ3n) is 4.27. The van der Waals surface area contributed by atoms with Crippen molar-refractivity contribution < 1.29 is 9.47 Å². The third kappa shape index (κ3) is 7.46. The van der Waals surface area contributed by atoms with E-state index >= 15 is 0 Å². The monoisotopic (exact) mass is 496 g/mol. The molecule has 0 spiro atoms. The van der Waals surface area contributed by atoms with E-state index in [0.717, 1.165) is 38.8 Å². The molecule has 1 aliphatic rings. The van der Waals surface area contributed by atoms with E-state index in [0.29, 0.717) is 23.9 Å². The molecule has 1 aliphatic heterocycles. The molecule has 1 heterocycles. The zero-order chi connectivity index (χ0) is 18.1. The maximum absolute atomic E-state index is 6.07. The van der Waals surface area contributed by atoms with E-state index in [1.54, 1.807) is 7.05 Å². The van der Waals surface area contributed by atoms with Crippen LogP contribution in [0.1, 0.15) is 13.8 Å². The van der Waals surface area contributed by atoms with E-state index in [2.05, 4.69) is 34.4 Å². The van der Waals surface area contributed by atoms with Gasteiger partial charge in [0.25, 0.3) is 0 Å². The fourth-order valence-electron chi connectivity index (χ4n) is 2.69. The highest BCUT2D eigenvalue weighted by Crippen LogP contribution is 2.22. The Balaban J connectivity index is 0.00000338. The van der Waals surface area contributed by atoms with Crippen LogP contribution in [-0.4, -0.2) is 69.4 Å². The smallest absolute Gasteiger partial charge is 0.191 e. The van der Waals surface area contributed by atoms with Gasteiger partial charge in [-0.25, -0.2) is 0 Å². The Bertz CT molecular complexity index is 566. The molecule has 1 fully saturated rings. The molecule has 1 aromatic rings. The summed E-state index contributed by atoms with van der Waals surface area (Å²) in [5, 5.41) is 7.28. The van der Waals surface area contributed by atoms with Gasteiger partial charge in [-0.15, -0.1) is 24.0 Å². The van der Waals surface area contributed by atoms with Crippen molar-refractivity contribution in [2.75, 3.05) is 53.0 Å². The molecular weight excluding hydrogens is 467 g/mol. The van der Waals surface area contributed by atoms with Crippen LogP contribution in [0.5, 0.6) is 5.75 Å². The third-order valence-corrected chi connectivity index (χ3v) is 4.58. The number of halogens is 2. The van der Waals surface area contributed by atoms with Gasteiger partial charge in [-0.05, 0) is 26.0 Å².